The molecule has 2 aromatic carbocycles. The van der Waals surface area contributed by atoms with E-state index in [0.717, 1.165) is 11.1 Å². The predicted molar refractivity (Wildman–Crippen MR) is 120 cm³/mol. The number of carbonyl (C=O) groups is 1. The van der Waals surface area contributed by atoms with E-state index in [2.05, 4.69) is 15.3 Å². The van der Waals surface area contributed by atoms with Crippen molar-refractivity contribution >= 4 is 6.09 Å². The zero-order valence-corrected chi connectivity index (χ0v) is 18.6. The van der Waals surface area contributed by atoms with Crippen LogP contribution in [0.2, 0.25) is 0 Å². The van der Waals surface area contributed by atoms with E-state index in [9.17, 15) is 15.0 Å². The van der Waals surface area contributed by atoms with Gasteiger partial charge in [0.05, 0.1) is 24.3 Å². The Morgan fingerprint density at radius 2 is 1.45 bits per heavy atom. The van der Waals surface area contributed by atoms with Crippen LogP contribution in [0.3, 0.4) is 0 Å². The van der Waals surface area contributed by atoms with Gasteiger partial charge in [-0.05, 0) is 51.3 Å². The van der Waals surface area contributed by atoms with E-state index in [1.165, 1.54) is 0 Å². The van der Waals surface area contributed by atoms with Crippen molar-refractivity contribution in [1.82, 2.24) is 5.32 Å². The Bertz CT molecular complexity index is 830. The molecule has 0 fully saturated rings. The molecule has 0 radical (unpaired) electrons. The second kappa shape index (κ2) is 12.6. The third kappa shape index (κ3) is 10.00. The van der Waals surface area contributed by atoms with Gasteiger partial charge in [-0.15, -0.1) is 0 Å². The van der Waals surface area contributed by atoms with Crippen molar-refractivity contribution in [2.24, 2.45) is 5.11 Å². The maximum Gasteiger partial charge on any atom is 0.408 e. The maximum absolute atomic E-state index is 11.7. The van der Waals surface area contributed by atoms with Crippen molar-refractivity contribution in [2.45, 2.75) is 64.5 Å². The molecule has 0 aromatic heterocycles. The summed E-state index contributed by atoms with van der Waals surface area (Å²) in [6.45, 7) is 8.63. The number of rotatable bonds is 6. The monoisotopic (exact) mass is 428 g/mol. The first-order chi connectivity index (χ1) is 14.5. The molecule has 31 heavy (non-hydrogen) atoms. The molecule has 0 spiro atoms. The molecule has 0 heterocycles. The van der Waals surface area contributed by atoms with Gasteiger partial charge in [-0.2, -0.15) is 0 Å². The Morgan fingerprint density at radius 3 is 1.84 bits per heavy atom. The average molecular weight is 429 g/mol. The standard InChI is InChI=1S/C14H21NO3.C9H11N3O/c1-10(16)12(11-8-6-5-7-9-11)15-13(17)18-14(2,3)4;1-7(13)9(11-12-10)8-5-3-2-4-6-8/h5-10,12,16H,1-4H3,(H,15,17);2-7,9,13H,1H3/t10-,12-;7-,9-/m11/s1. The molecule has 1 amide bonds. The van der Waals surface area contributed by atoms with Crippen LogP contribution in [0.15, 0.2) is 65.8 Å². The second-order valence-corrected chi connectivity index (χ2v) is 8.08. The van der Waals surface area contributed by atoms with Crippen molar-refractivity contribution in [2.75, 3.05) is 0 Å². The normalized spacial score (nSPS) is 14.5. The molecule has 2 aromatic rings. The summed E-state index contributed by atoms with van der Waals surface area (Å²) < 4.78 is 5.18. The van der Waals surface area contributed by atoms with Gasteiger partial charge in [-0.1, -0.05) is 65.8 Å². The SMILES string of the molecule is C[C@@H](O)[C@@H](N=[N+]=[N-])c1ccccc1.C[C@@H](O)[C@@H](NC(=O)OC(C)(C)C)c1ccccc1. The molecule has 0 saturated carbocycles. The number of amides is 1. The summed E-state index contributed by atoms with van der Waals surface area (Å²) in [7, 11) is 0. The summed E-state index contributed by atoms with van der Waals surface area (Å²) in [5.41, 5.74) is 9.42. The van der Waals surface area contributed by atoms with E-state index in [1.54, 1.807) is 34.6 Å². The van der Waals surface area contributed by atoms with E-state index in [1.807, 2.05) is 60.7 Å². The van der Waals surface area contributed by atoms with Gasteiger partial charge in [0.15, 0.2) is 0 Å². The number of aliphatic hydroxyl groups is 2. The average Bonchev–Trinajstić information content (AvgIpc) is 2.70. The van der Waals surface area contributed by atoms with Crippen LogP contribution in [0.4, 0.5) is 4.79 Å². The van der Waals surface area contributed by atoms with Gasteiger partial charge in [0.1, 0.15) is 5.60 Å². The molecule has 2 rings (SSSR count). The van der Waals surface area contributed by atoms with Crippen LogP contribution < -0.4 is 5.32 Å². The number of benzene rings is 2. The maximum atomic E-state index is 11.7. The molecule has 3 N–H and O–H groups in total. The second-order valence-electron chi connectivity index (χ2n) is 8.08. The fraction of sp³-hybridized carbons (Fsp3) is 0.435. The van der Waals surface area contributed by atoms with Crippen LogP contribution in [-0.4, -0.2) is 34.1 Å². The van der Waals surface area contributed by atoms with Gasteiger partial charge in [0.2, 0.25) is 0 Å². The number of ether oxygens (including phenoxy) is 1. The lowest BCUT2D eigenvalue weighted by Crippen LogP contribution is -2.38. The molecule has 0 aliphatic carbocycles. The number of hydrogen-bond acceptors (Lipinski definition) is 5. The van der Waals surface area contributed by atoms with Gasteiger partial charge >= 0.3 is 6.09 Å². The highest BCUT2D eigenvalue weighted by atomic mass is 16.6. The highest BCUT2D eigenvalue weighted by molar-refractivity contribution is 5.68. The summed E-state index contributed by atoms with van der Waals surface area (Å²) in [6, 6.07) is 17.6. The van der Waals surface area contributed by atoms with Gasteiger partial charge in [-0.25, -0.2) is 4.79 Å². The fourth-order valence-corrected chi connectivity index (χ4v) is 2.72. The van der Waals surface area contributed by atoms with Crippen molar-refractivity contribution in [3.63, 3.8) is 0 Å². The molecule has 168 valence electrons. The van der Waals surface area contributed by atoms with Crippen molar-refractivity contribution < 1.29 is 19.7 Å². The largest absolute Gasteiger partial charge is 0.444 e. The highest BCUT2D eigenvalue weighted by Gasteiger charge is 2.23. The molecular formula is C23H32N4O4. The lowest BCUT2D eigenvalue weighted by molar-refractivity contribution is 0.0436. The van der Waals surface area contributed by atoms with Gasteiger partial charge < -0.3 is 20.3 Å². The number of hydrogen-bond donors (Lipinski definition) is 3. The van der Waals surface area contributed by atoms with Crippen LogP contribution in [0, 0.1) is 0 Å². The molecule has 0 bridgehead atoms. The van der Waals surface area contributed by atoms with Crippen molar-refractivity contribution in [1.29, 1.82) is 0 Å². The van der Waals surface area contributed by atoms with E-state index in [0.29, 0.717) is 0 Å². The molecule has 0 aliphatic rings. The number of carbonyl (C=O) groups excluding carboxylic acids is 1. The summed E-state index contributed by atoms with van der Waals surface area (Å²) in [5, 5.41) is 25.3. The Kier molecular flexibility index (Phi) is 10.6. The minimum absolute atomic E-state index is 0.471. The van der Waals surface area contributed by atoms with Crippen LogP contribution in [0.25, 0.3) is 10.4 Å². The molecule has 4 atom stereocenters. The van der Waals surface area contributed by atoms with Gasteiger partial charge in [0.25, 0.3) is 0 Å². The van der Waals surface area contributed by atoms with Crippen molar-refractivity contribution in [3.05, 3.63) is 82.2 Å². The Labute approximate surface area is 183 Å². The minimum atomic E-state index is -0.695. The van der Waals surface area contributed by atoms with Gasteiger partial charge in [0, 0.05) is 4.91 Å². The number of nitrogens with one attached hydrogen (secondary N) is 1. The summed E-state index contributed by atoms with van der Waals surface area (Å²) in [6.07, 6.45) is -1.89. The third-order valence-electron chi connectivity index (χ3n) is 4.09. The summed E-state index contributed by atoms with van der Waals surface area (Å²) >= 11 is 0. The Morgan fingerprint density at radius 1 is 0.968 bits per heavy atom. The van der Waals surface area contributed by atoms with E-state index < -0.39 is 36.0 Å². The first-order valence-corrected chi connectivity index (χ1v) is 10.0. The number of aliphatic hydroxyl groups excluding tert-OH is 2. The van der Waals surface area contributed by atoms with Crippen LogP contribution in [0.1, 0.15) is 57.8 Å². The topological polar surface area (TPSA) is 128 Å². The first kappa shape index (κ1) is 26.0. The molecule has 0 aliphatic heterocycles. The smallest absolute Gasteiger partial charge is 0.408 e. The number of nitrogens with zero attached hydrogens (tertiary/aromatic N) is 3. The lowest BCUT2D eigenvalue weighted by Gasteiger charge is -2.25. The quantitative estimate of drug-likeness (QED) is 0.338. The number of azide groups is 1. The number of alkyl carbamates (subject to hydrolysis) is 1. The lowest BCUT2D eigenvalue weighted by atomic mass is 10.0. The minimum Gasteiger partial charge on any atom is -0.444 e. The molecule has 0 saturated heterocycles. The Hall–Kier alpha value is -3.06. The molecule has 0 unspecified atom stereocenters. The highest BCUT2D eigenvalue weighted by Crippen LogP contribution is 2.21. The van der Waals surface area contributed by atoms with Crippen molar-refractivity contribution in [3.8, 4) is 0 Å². The summed E-state index contributed by atoms with van der Waals surface area (Å²) in [5.74, 6) is 0. The third-order valence-corrected chi connectivity index (χ3v) is 4.09. The van der Waals surface area contributed by atoms with E-state index in [4.69, 9.17) is 10.3 Å². The zero-order valence-electron chi connectivity index (χ0n) is 18.6. The first-order valence-electron chi connectivity index (χ1n) is 10.0. The van der Waals surface area contributed by atoms with Crippen LogP contribution in [0.5, 0.6) is 0 Å². The van der Waals surface area contributed by atoms with Gasteiger partial charge in [-0.3, -0.25) is 0 Å². The fourth-order valence-electron chi connectivity index (χ4n) is 2.72. The van der Waals surface area contributed by atoms with Crippen LogP contribution in [-0.2, 0) is 4.74 Å². The molecular weight excluding hydrogens is 396 g/mol. The summed E-state index contributed by atoms with van der Waals surface area (Å²) in [4.78, 5) is 14.4. The van der Waals surface area contributed by atoms with E-state index >= 15 is 0 Å². The van der Waals surface area contributed by atoms with E-state index in [-0.39, 0.29) is 0 Å². The predicted octanol–water partition coefficient (Wildman–Crippen LogP) is 5.05. The van der Waals surface area contributed by atoms with Crippen LogP contribution >= 0.6 is 0 Å². The zero-order chi connectivity index (χ0) is 23.4. The Balaban J connectivity index is 0.000000327. The molecule has 8 nitrogen and oxygen atoms in total. The molecule has 8 heteroatoms.